The molecule has 0 N–H and O–H groups in total. The van der Waals surface area contributed by atoms with Crippen molar-refractivity contribution in [3.8, 4) is 0 Å². The molecule has 2 aromatic rings. The molecule has 1 unspecified atom stereocenters. The van der Waals surface area contributed by atoms with Crippen LogP contribution in [0, 0.1) is 0 Å². The van der Waals surface area contributed by atoms with Crippen molar-refractivity contribution in [3.63, 3.8) is 0 Å². The minimum absolute atomic E-state index is 0. The van der Waals surface area contributed by atoms with Gasteiger partial charge in [0, 0.05) is 37.4 Å². The number of amides is 1. The van der Waals surface area contributed by atoms with Gasteiger partial charge in [0.05, 0.1) is 0 Å². The van der Waals surface area contributed by atoms with Crippen LogP contribution in [0.5, 0.6) is 0 Å². The van der Waals surface area contributed by atoms with E-state index in [4.69, 9.17) is 0 Å². The molecule has 160 valence electrons. The van der Waals surface area contributed by atoms with Crippen LogP contribution in [0.2, 0.25) is 0 Å². The number of hydrogen-bond donors (Lipinski definition) is 0. The summed E-state index contributed by atoms with van der Waals surface area (Å²) in [5.74, 6) is 0.807. The third-order valence-electron chi connectivity index (χ3n) is 6.45. The first kappa shape index (κ1) is 22.4. The second kappa shape index (κ2) is 10.7. The molecule has 2 aliphatic rings. The molecular weight excluding hydrogens is 392 g/mol. The van der Waals surface area contributed by atoms with Gasteiger partial charge < -0.3 is 9.80 Å². The predicted octanol–water partition coefficient (Wildman–Crippen LogP) is 5.91. The summed E-state index contributed by atoms with van der Waals surface area (Å²) in [6, 6.07) is 19.3. The van der Waals surface area contributed by atoms with E-state index in [1.165, 1.54) is 43.4 Å². The summed E-state index contributed by atoms with van der Waals surface area (Å²) in [6.07, 6.45) is 10.3. The highest BCUT2D eigenvalue weighted by Crippen LogP contribution is 2.38. The van der Waals surface area contributed by atoms with Crippen molar-refractivity contribution in [2.75, 3.05) is 24.5 Å². The van der Waals surface area contributed by atoms with Crippen molar-refractivity contribution in [1.29, 1.82) is 0 Å². The number of halogens is 1. The number of rotatable bonds is 4. The number of carbonyl (C=O) groups excluding carboxylic acids is 1. The van der Waals surface area contributed by atoms with E-state index in [2.05, 4.69) is 36.1 Å². The Morgan fingerprint density at radius 2 is 1.63 bits per heavy atom. The fourth-order valence-electron chi connectivity index (χ4n) is 4.86. The Morgan fingerprint density at radius 3 is 2.37 bits per heavy atom. The van der Waals surface area contributed by atoms with E-state index in [9.17, 15) is 4.79 Å². The van der Waals surface area contributed by atoms with Crippen LogP contribution in [0.25, 0.3) is 6.08 Å². The first-order valence-corrected chi connectivity index (χ1v) is 11.1. The van der Waals surface area contributed by atoms with E-state index in [-0.39, 0.29) is 18.3 Å². The second-order valence-electron chi connectivity index (χ2n) is 8.46. The molecule has 2 aromatic carbocycles. The van der Waals surface area contributed by atoms with Crippen molar-refractivity contribution in [2.24, 2.45) is 0 Å². The smallest absolute Gasteiger partial charge is 0.246 e. The molecule has 1 atom stereocenters. The Morgan fingerprint density at radius 1 is 0.933 bits per heavy atom. The van der Waals surface area contributed by atoms with E-state index in [1.807, 2.05) is 41.3 Å². The molecule has 1 saturated carbocycles. The van der Waals surface area contributed by atoms with Crippen LogP contribution >= 0.6 is 12.4 Å². The number of nitrogens with zero attached hydrogens (tertiary/aromatic N) is 2. The molecular formula is C26H33ClN2O. The molecule has 0 aromatic heterocycles. The maximum Gasteiger partial charge on any atom is 0.246 e. The van der Waals surface area contributed by atoms with Crippen LogP contribution in [-0.2, 0) is 4.79 Å². The molecule has 1 amide bonds. The van der Waals surface area contributed by atoms with Gasteiger partial charge in [0.25, 0.3) is 0 Å². The van der Waals surface area contributed by atoms with Crippen molar-refractivity contribution in [3.05, 3.63) is 71.8 Å². The van der Waals surface area contributed by atoms with Gasteiger partial charge in [0.15, 0.2) is 0 Å². The number of anilines is 1. The maximum absolute atomic E-state index is 12.7. The van der Waals surface area contributed by atoms with Gasteiger partial charge >= 0.3 is 0 Å². The van der Waals surface area contributed by atoms with E-state index in [0.29, 0.717) is 12.0 Å². The third-order valence-corrected chi connectivity index (χ3v) is 6.45. The largest absolute Gasteiger partial charge is 0.365 e. The predicted molar refractivity (Wildman–Crippen MR) is 128 cm³/mol. The van der Waals surface area contributed by atoms with Gasteiger partial charge in [0.2, 0.25) is 5.91 Å². The molecule has 30 heavy (non-hydrogen) atoms. The minimum Gasteiger partial charge on any atom is -0.365 e. The molecule has 4 heteroatoms. The standard InChI is InChI=1S/C26H32N2O.ClH/c1-21-20-27(26(29)17-16-22-10-4-2-5-11-22)18-19-28(21)25-15-9-8-14-24(25)23-12-6-3-7-13-23;/h2,4-5,8-11,14-17,21,23H,3,6-7,12-13,18-20H2,1H3;1H. The monoisotopic (exact) mass is 424 g/mol. The van der Waals surface area contributed by atoms with E-state index < -0.39 is 0 Å². The second-order valence-corrected chi connectivity index (χ2v) is 8.46. The summed E-state index contributed by atoms with van der Waals surface area (Å²) in [6.45, 7) is 4.70. The van der Waals surface area contributed by atoms with Gasteiger partial charge in [-0.05, 0) is 49.0 Å². The Balaban J connectivity index is 0.00000256. The molecule has 4 rings (SSSR count). The zero-order valence-electron chi connectivity index (χ0n) is 17.9. The lowest BCUT2D eigenvalue weighted by atomic mass is 9.83. The van der Waals surface area contributed by atoms with Crippen molar-refractivity contribution >= 4 is 30.1 Å². The normalized spacial score (nSPS) is 20.2. The molecule has 1 heterocycles. The number of piperazine rings is 1. The number of benzene rings is 2. The molecule has 1 saturated heterocycles. The Bertz CT molecular complexity index is 845. The molecule has 3 nitrogen and oxygen atoms in total. The highest BCUT2D eigenvalue weighted by Gasteiger charge is 2.28. The van der Waals surface area contributed by atoms with Crippen LogP contribution in [0.3, 0.4) is 0 Å². The summed E-state index contributed by atoms with van der Waals surface area (Å²) in [4.78, 5) is 17.2. The van der Waals surface area contributed by atoms with Crippen LogP contribution < -0.4 is 4.90 Å². The summed E-state index contributed by atoms with van der Waals surface area (Å²) < 4.78 is 0. The zero-order chi connectivity index (χ0) is 20.1. The van der Waals surface area contributed by atoms with Crippen LogP contribution in [-0.4, -0.2) is 36.5 Å². The zero-order valence-corrected chi connectivity index (χ0v) is 18.7. The lowest BCUT2D eigenvalue weighted by Gasteiger charge is -2.42. The number of para-hydroxylation sites is 1. The Kier molecular flexibility index (Phi) is 7.98. The van der Waals surface area contributed by atoms with Crippen molar-refractivity contribution in [1.82, 2.24) is 4.90 Å². The first-order valence-electron chi connectivity index (χ1n) is 11.1. The summed E-state index contributed by atoms with van der Waals surface area (Å²) in [5, 5.41) is 0. The van der Waals surface area contributed by atoms with Crippen LogP contribution in [0.15, 0.2) is 60.7 Å². The Hall–Kier alpha value is -2.26. The molecule has 1 aliphatic carbocycles. The first-order chi connectivity index (χ1) is 14.2. The molecule has 0 bridgehead atoms. The van der Waals surface area contributed by atoms with E-state index >= 15 is 0 Å². The average Bonchev–Trinajstić information content (AvgIpc) is 2.79. The molecule has 1 aliphatic heterocycles. The molecule has 0 spiro atoms. The van der Waals surface area contributed by atoms with Gasteiger partial charge in [-0.25, -0.2) is 0 Å². The highest BCUT2D eigenvalue weighted by molar-refractivity contribution is 5.92. The molecule has 0 radical (unpaired) electrons. The summed E-state index contributed by atoms with van der Waals surface area (Å²) in [5.41, 5.74) is 3.97. The fourth-order valence-corrected chi connectivity index (χ4v) is 4.86. The quantitative estimate of drug-likeness (QED) is 0.570. The van der Waals surface area contributed by atoms with Crippen LogP contribution in [0.4, 0.5) is 5.69 Å². The van der Waals surface area contributed by atoms with Crippen LogP contribution in [0.1, 0.15) is 56.1 Å². The SMILES string of the molecule is CC1CN(C(=O)C=Cc2ccccc2)CCN1c1ccccc1C1CCCCC1.Cl. The van der Waals surface area contributed by atoms with E-state index in [1.54, 1.807) is 6.08 Å². The number of carbonyl (C=O) groups is 1. The lowest BCUT2D eigenvalue weighted by Crippen LogP contribution is -2.53. The van der Waals surface area contributed by atoms with Crippen molar-refractivity contribution in [2.45, 2.75) is 51.0 Å². The minimum atomic E-state index is 0. The van der Waals surface area contributed by atoms with Gasteiger partial charge in [-0.1, -0.05) is 67.8 Å². The lowest BCUT2D eigenvalue weighted by molar-refractivity contribution is -0.126. The highest BCUT2D eigenvalue weighted by atomic mass is 35.5. The summed E-state index contributed by atoms with van der Waals surface area (Å²) in [7, 11) is 0. The number of hydrogen-bond acceptors (Lipinski definition) is 2. The fraction of sp³-hybridized carbons (Fsp3) is 0.423. The van der Waals surface area contributed by atoms with E-state index in [0.717, 1.165) is 25.2 Å². The van der Waals surface area contributed by atoms with Gasteiger partial charge in [-0.3, -0.25) is 4.79 Å². The third kappa shape index (κ3) is 5.26. The van der Waals surface area contributed by atoms with Gasteiger partial charge in [0.1, 0.15) is 0 Å². The topological polar surface area (TPSA) is 23.6 Å². The summed E-state index contributed by atoms with van der Waals surface area (Å²) >= 11 is 0. The maximum atomic E-state index is 12.7. The van der Waals surface area contributed by atoms with Gasteiger partial charge in [-0.2, -0.15) is 0 Å². The van der Waals surface area contributed by atoms with Crippen molar-refractivity contribution < 1.29 is 4.79 Å². The van der Waals surface area contributed by atoms with Gasteiger partial charge in [-0.15, -0.1) is 12.4 Å². The Labute approximate surface area is 187 Å². The average molecular weight is 425 g/mol. The molecule has 2 fully saturated rings.